The largest absolute Gasteiger partial charge is 0.476 e. The van der Waals surface area contributed by atoms with Gasteiger partial charge in [-0.3, -0.25) is 4.79 Å². The number of carbonyl (C=O) groups excluding carboxylic acids is 1. The first-order valence-electron chi connectivity index (χ1n) is 10.2. The van der Waals surface area contributed by atoms with Crippen molar-refractivity contribution in [3.8, 4) is 5.88 Å². The van der Waals surface area contributed by atoms with Gasteiger partial charge in [0.2, 0.25) is 11.8 Å². The van der Waals surface area contributed by atoms with Gasteiger partial charge in [-0.1, -0.05) is 27.2 Å². The molecule has 4 rings (SSSR count). The second-order valence-corrected chi connectivity index (χ2v) is 9.06. The molecule has 0 unspecified atom stereocenters. The van der Waals surface area contributed by atoms with Crippen molar-refractivity contribution in [2.75, 3.05) is 19.7 Å². The van der Waals surface area contributed by atoms with Gasteiger partial charge in [0, 0.05) is 30.5 Å². The molecule has 146 valence electrons. The van der Waals surface area contributed by atoms with Gasteiger partial charge in [-0.15, -0.1) is 5.10 Å². The number of aromatic nitrogens is 3. The van der Waals surface area contributed by atoms with Crippen molar-refractivity contribution < 1.29 is 9.53 Å². The Balaban J connectivity index is 1.30. The molecule has 1 saturated carbocycles. The Bertz CT molecular complexity index is 811. The van der Waals surface area contributed by atoms with Gasteiger partial charge in [0.15, 0.2) is 5.65 Å². The maximum atomic E-state index is 12.3. The molecule has 2 aromatic heterocycles. The van der Waals surface area contributed by atoms with Crippen LogP contribution in [-0.4, -0.2) is 45.1 Å². The molecule has 0 N–H and O–H groups in total. The minimum Gasteiger partial charge on any atom is -0.476 e. The lowest BCUT2D eigenvalue weighted by Crippen LogP contribution is -2.44. The van der Waals surface area contributed by atoms with E-state index in [-0.39, 0.29) is 5.41 Å². The van der Waals surface area contributed by atoms with Crippen LogP contribution in [0.25, 0.3) is 5.65 Å². The summed E-state index contributed by atoms with van der Waals surface area (Å²) in [6, 6.07) is 3.85. The van der Waals surface area contributed by atoms with E-state index in [9.17, 15) is 4.79 Å². The van der Waals surface area contributed by atoms with E-state index in [1.165, 1.54) is 6.42 Å². The van der Waals surface area contributed by atoms with E-state index in [0.29, 0.717) is 30.2 Å². The molecule has 0 bridgehead atoms. The van der Waals surface area contributed by atoms with E-state index in [2.05, 4.69) is 35.8 Å². The van der Waals surface area contributed by atoms with Crippen LogP contribution < -0.4 is 4.74 Å². The second-order valence-electron chi connectivity index (χ2n) is 9.06. The first kappa shape index (κ1) is 18.3. The highest BCUT2D eigenvalue weighted by molar-refractivity contribution is 5.79. The molecule has 0 atom stereocenters. The van der Waals surface area contributed by atoms with Crippen LogP contribution in [-0.2, 0) is 10.2 Å². The molecule has 0 radical (unpaired) electrons. The number of hydrogen-bond acceptors (Lipinski definition) is 4. The fraction of sp³-hybridized carbons (Fsp3) is 0.667. The molecule has 1 saturated heterocycles. The van der Waals surface area contributed by atoms with Gasteiger partial charge in [0.05, 0.1) is 18.5 Å². The summed E-state index contributed by atoms with van der Waals surface area (Å²) in [5, 5.41) is 4.55. The fourth-order valence-electron chi connectivity index (χ4n) is 3.74. The molecule has 2 fully saturated rings. The van der Waals surface area contributed by atoms with E-state index in [1.807, 2.05) is 18.3 Å². The Morgan fingerprint density at radius 1 is 1.19 bits per heavy atom. The topological polar surface area (TPSA) is 59.7 Å². The quantitative estimate of drug-likeness (QED) is 0.827. The summed E-state index contributed by atoms with van der Waals surface area (Å²) >= 11 is 0. The Kier molecular flexibility index (Phi) is 4.82. The smallest absolute Gasteiger partial charge is 0.231 e. The first-order chi connectivity index (χ1) is 12.9. The zero-order valence-corrected chi connectivity index (χ0v) is 16.6. The number of hydrogen-bond donors (Lipinski definition) is 0. The monoisotopic (exact) mass is 370 g/mol. The predicted octanol–water partition coefficient (Wildman–Crippen LogP) is 3.44. The van der Waals surface area contributed by atoms with Crippen molar-refractivity contribution in [3.63, 3.8) is 0 Å². The van der Waals surface area contributed by atoms with E-state index in [0.717, 1.165) is 50.1 Å². The summed E-state index contributed by atoms with van der Waals surface area (Å²) in [5.74, 6) is 1.80. The average molecular weight is 370 g/mol. The Labute approximate surface area is 160 Å². The summed E-state index contributed by atoms with van der Waals surface area (Å²) in [4.78, 5) is 19.0. The zero-order valence-electron chi connectivity index (χ0n) is 16.6. The lowest BCUT2D eigenvalue weighted by molar-refractivity contribution is -0.139. The molecular formula is C21H30N4O2. The highest BCUT2D eigenvalue weighted by Crippen LogP contribution is 2.30. The summed E-state index contributed by atoms with van der Waals surface area (Å²) in [6.45, 7) is 8.83. The number of piperidine rings is 1. The Hall–Kier alpha value is -2.11. The molecule has 6 heteroatoms. The number of rotatable bonds is 4. The summed E-state index contributed by atoms with van der Waals surface area (Å²) < 4.78 is 7.76. The minimum absolute atomic E-state index is 0.000389. The van der Waals surface area contributed by atoms with Crippen LogP contribution in [0.2, 0.25) is 0 Å². The van der Waals surface area contributed by atoms with Crippen molar-refractivity contribution in [2.45, 2.75) is 58.3 Å². The van der Waals surface area contributed by atoms with E-state index >= 15 is 0 Å². The number of ether oxygens (including phenoxy) is 1. The van der Waals surface area contributed by atoms with Gasteiger partial charge in [-0.25, -0.2) is 9.50 Å². The third kappa shape index (κ3) is 3.94. The van der Waals surface area contributed by atoms with Crippen molar-refractivity contribution in [1.82, 2.24) is 19.5 Å². The maximum Gasteiger partial charge on any atom is 0.231 e. The molecule has 3 heterocycles. The van der Waals surface area contributed by atoms with Gasteiger partial charge < -0.3 is 9.64 Å². The molecule has 2 aromatic rings. The molecule has 1 amide bonds. The van der Waals surface area contributed by atoms with Gasteiger partial charge in [0.25, 0.3) is 0 Å². The Morgan fingerprint density at radius 3 is 2.56 bits per heavy atom. The molecule has 2 aliphatic rings. The molecule has 0 spiro atoms. The summed E-state index contributed by atoms with van der Waals surface area (Å²) in [7, 11) is 0. The van der Waals surface area contributed by atoms with Crippen LogP contribution in [0.4, 0.5) is 0 Å². The predicted molar refractivity (Wildman–Crippen MR) is 104 cm³/mol. The molecule has 0 aromatic carbocycles. The second kappa shape index (κ2) is 7.13. The Morgan fingerprint density at radius 2 is 1.93 bits per heavy atom. The average Bonchev–Trinajstić information content (AvgIpc) is 3.02. The normalized spacial score (nSPS) is 19.3. The van der Waals surface area contributed by atoms with Crippen LogP contribution in [0.15, 0.2) is 18.3 Å². The van der Waals surface area contributed by atoms with Crippen molar-refractivity contribution in [3.05, 3.63) is 24.0 Å². The van der Waals surface area contributed by atoms with Gasteiger partial charge in [0.1, 0.15) is 0 Å². The molecular weight excluding hydrogens is 340 g/mol. The van der Waals surface area contributed by atoms with E-state index < -0.39 is 0 Å². The van der Waals surface area contributed by atoms with Crippen LogP contribution >= 0.6 is 0 Å². The zero-order chi connectivity index (χ0) is 19.0. The SMILES string of the molecule is CC(C)(C)c1cn2nc(OCC3CCN(C(=O)C4CCC4)CC3)ccc2n1. The summed E-state index contributed by atoms with van der Waals surface area (Å²) in [5.41, 5.74) is 1.87. The standard InChI is InChI=1S/C21H30N4O2/c1-21(2,3)17-13-25-18(22-17)7-8-19(23-25)27-14-15-9-11-24(12-10-15)20(26)16-5-4-6-16/h7-8,13,15-16H,4-6,9-12,14H2,1-3H3. The van der Waals surface area contributed by atoms with Crippen LogP contribution in [0.3, 0.4) is 0 Å². The molecule has 1 aliphatic heterocycles. The van der Waals surface area contributed by atoms with Gasteiger partial charge in [-0.05, 0) is 37.7 Å². The first-order valence-corrected chi connectivity index (χ1v) is 10.2. The minimum atomic E-state index is -0.000389. The fourth-order valence-corrected chi connectivity index (χ4v) is 3.74. The van der Waals surface area contributed by atoms with Crippen LogP contribution in [0.1, 0.15) is 58.6 Å². The third-order valence-electron chi connectivity index (χ3n) is 5.91. The van der Waals surface area contributed by atoms with Gasteiger partial charge in [-0.2, -0.15) is 0 Å². The van der Waals surface area contributed by atoms with E-state index in [1.54, 1.807) is 4.52 Å². The molecule has 27 heavy (non-hydrogen) atoms. The third-order valence-corrected chi connectivity index (χ3v) is 5.91. The number of carbonyl (C=O) groups is 1. The van der Waals surface area contributed by atoms with Crippen molar-refractivity contribution >= 4 is 11.6 Å². The van der Waals surface area contributed by atoms with Crippen molar-refractivity contribution in [2.24, 2.45) is 11.8 Å². The van der Waals surface area contributed by atoms with E-state index in [4.69, 9.17) is 4.74 Å². The maximum absolute atomic E-state index is 12.3. The molecule has 1 aliphatic carbocycles. The van der Waals surface area contributed by atoms with Crippen LogP contribution in [0.5, 0.6) is 5.88 Å². The highest BCUT2D eigenvalue weighted by atomic mass is 16.5. The number of amides is 1. The number of fused-ring (bicyclic) bond motifs is 1. The van der Waals surface area contributed by atoms with Gasteiger partial charge >= 0.3 is 0 Å². The lowest BCUT2D eigenvalue weighted by Gasteiger charge is -2.36. The number of nitrogens with zero attached hydrogens (tertiary/aromatic N) is 4. The van der Waals surface area contributed by atoms with Crippen molar-refractivity contribution in [1.29, 1.82) is 0 Å². The summed E-state index contributed by atoms with van der Waals surface area (Å²) in [6.07, 6.45) is 7.39. The highest BCUT2D eigenvalue weighted by Gasteiger charge is 2.31. The number of imidazole rings is 1. The molecule has 6 nitrogen and oxygen atoms in total. The van der Waals surface area contributed by atoms with Crippen LogP contribution in [0, 0.1) is 11.8 Å². The number of likely N-dealkylation sites (tertiary alicyclic amines) is 1. The lowest BCUT2D eigenvalue weighted by atomic mass is 9.83.